The molecule has 0 aliphatic carbocycles. The van der Waals surface area contributed by atoms with E-state index in [1.807, 2.05) is 36.3 Å². The van der Waals surface area contributed by atoms with Crippen LogP contribution in [0, 0.1) is 0 Å². The Kier molecular flexibility index (Phi) is 4.30. The van der Waals surface area contributed by atoms with Gasteiger partial charge in [-0.2, -0.15) is 10.2 Å². The minimum absolute atomic E-state index is 0.0500. The van der Waals surface area contributed by atoms with E-state index in [0.717, 1.165) is 32.1 Å². The highest BCUT2D eigenvalue weighted by Crippen LogP contribution is 2.31. The third-order valence-corrected chi connectivity index (χ3v) is 6.68. The van der Waals surface area contributed by atoms with Crippen molar-refractivity contribution in [3.8, 4) is 0 Å². The number of nitrogens with zero attached hydrogens (tertiary/aromatic N) is 7. The Bertz CT molecular complexity index is 1410. The van der Waals surface area contributed by atoms with E-state index >= 15 is 0 Å². The number of hydrogen-bond acceptors (Lipinski definition) is 8. The van der Waals surface area contributed by atoms with Gasteiger partial charge >= 0.3 is 0 Å². The summed E-state index contributed by atoms with van der Waals surface area (Å²) >= 11 is 2.99. The van der Waals surface area contributed by atoms with Crippen LogP contribution in [0.15, 0.2) is 28.6 Å². The van der Waals surface area contributed by atoms with E-state index in [-0.39, 0.29) is 12.2 Å². The van der Waals surface area contributed by atoms with Crippen LogP contribution in [-0.4, -0.2) is 39.2 Å². The fourth-order valence-corrected chi connectivity index (χ4v) is 5.15. The largest absolute Gasteiger partial charge is 0.389 e. The van der Waals surface area contributed by atoms with Crippen molar-refractivity contribution in [2.45, 2.75) is 19.6 Å². The zero-order chi connectivity index (χ0) is 20.1. The van der Waals surface area contributed by atoms with Gasteiger partial charge in [0.05, 0.1) is 35.4 Å². The van der Waals surface area contributed by atoms with Crippen molar-refractivity contribution in [3.63, 3.8) is 0 Å². The molecule has 0 spiro atoms. The highest BCUT2D eigenvalue weighted by molar-refractivity contribution is 7.19. The van der Waals surface area contributed by atoms with Gasteiger partial charge in [-0.1, -0.05) is 0 Å². The molecule has 0 aromatic carbocycles. The molecule has 5 heterocycles. The molecule has 9 nitrogen and oxygen atoms in total. The second-order valence-corrected chi connectivity index (χ2v) is 8.76. The van der Waals surface area contributed by atoms with Gasteiger partial charge in [-0.3, -0.25) is 9.48 Å². The Balaban J connectivity index is 1.54. The van der Waals surface area contributed by atoms with Gasteiger partial charge in [0.25, 0.3) is 5.56 Å². The zero-order valence-electron chi connectivity index (χ0n) is 15.7. The molecule has 148 valence electrons. The average molecular weight is 428 g/mol. The lowest BCUT2D eigenvalue weighted by Crippen LogP contribution is -2.24. The molecular formula is C18H17N7O2S2. The highest BCUT2D eigenvalue weighted by atomic mass is 32.1. The molecule has 5 aromatic rings. The van der Waals surface area contributed by atoms with Crippen LogP contribution >= 0.6 is 22.7 Å². The number of rotatable bonds is 5. The maximum absolute atomic E-state index is 13.0. The molecule has 1 N–H and O–H groups in total. The van der Waals surface area contributed by atoms with Crippen molar-refractivity contribution in [2.75, 3.05) is 0 Å². The summed E-state index contributed by atoms with van der Waals surface area (Å²) in [5.74, 6) is 0. The van der Waals surface area contributed by atoms with E-state index in [2.05, 4.69) is 15.2 Å². The molecule has 0 fully saturated rings. The van der Waals surface area contributed by atoms with Crippen LogP contribution in [-0.2, 0) is 33.7 Å². The first-order chi connectivity index (χ1) is 14.0. The second kappa shape index (κ2) is 6.87. The Morgan fingerprint density at radius 2 is 2.03 bits per heavy atom. The van der Waals surface area contributed by atoms with Crippen LogP contribution in [0.25, 0.3) is 21.3 Å². The summed E-state index contributed by atoms with van der Waals surface area (Å²) in [6, 6.07) is 1.87. The number of aromatic nitrogens is 7. The molecule has 0 amide bonds. The monoisotopic (exact) mass is 427 g/mol. The zero-order valence-corrected chi connectivity index (χ0v) is 17.4. The minimum atomic E-state index is -0.158. The maximum Gasteiger partial charge on any atom is 0.291 e. The molecule has 0 unspecified atom stereocenters. The first-order valence-corrected chi connectivity index (χ1v) is 10.6. The van der Waals surface area contributed by atoms with E-state index < -0.39 is 0 Å². The number of hydrogen-bond donors (Lipinski definition) is 1. The predicted molar refractivity (Wildman–Crippen MR) is 111 cm³/mol. The second-order valence-electron chi connectivity index (χ2n) is 6.74. The third-order valence-electron chi connectivity index (χ3n) is 4.72. The number of aryl methyl sites for hydroxylation is 2. The SMILES string of the molecule is Cn1ccc(Cn2ncc3c4sc(Cc5csc(CO)n5)nc4n(C)c3c2=O)n1. The van der Waals surface area contributed by atoms with Gasteiger partial charge in [0, 0.05) is 37.5 Å². The Morgan fingerprint density at radius 1 is 1.17 bits per heavy atom. The summed E-state index contributed by atoms with van der Waals surface area (Å²) in [6.45, 7) is 0.274. The average Bonchev–Trinajstić information content (AvgIpc) is 3.46. The van der Waals surface area contributed by atoms with Crippen LogP contribution in [0.1, 0.15) is 21.4 Å². The van der Waals surface area contributed by atoms with E-state index in [4.69, 9.17) is 4.98 Å². The van der Waals surface area contributed by atoms with Gasteiger partial charge in [0.2, 0.25) is 0 Å². The van der Waals surface area contributed by atoms with Gasteiger partial charge in [-0.05, 0) is 6.07 Å². The molecule has 0 saturated carbocycles. The summed E-state index contributed by atoms with van der Waals surface area (Å²) in [4.78, 5) is 22.1. The molecule has 0 saturated heterocycles. The number of fused-ring (bicyclic) bond motifs is 3. The van der Waals surface area contributed by atoms with Crippen LogP contribution in [0.2, 0.25) is 0 Å². The van der Waals surface area contributed by atoms with E-state index in [1.165, 1.54) is 16.0 Å². The van der Waals surface area contributed by atoms with Crippen LogP contribution in [0.3, 0.4) is 0 Å². The van der Waals surface area contributed by atoms with Crippen molar-refractivity contribution in [3.05, 3.63) is 55.6 Å². The standard InChI is InChI=1S/C18H17N7O2S2/c1-23-4-3-10(22-23)7-25-18(27)15-12(6-19-25)16-17(24(15)2)21-13(29-16)5-11-9-28-14(8-26)20-11/h3-4,6,9,26H,5,7-8H2,1-2H3. The first-order valence-electron chi connectivity index (χ1n) is 8.90. The van der Waals surface area contributed by atoms with Crippen molar-refractivity contribution in [1.29, 1.82) is 0 Å². The lowest BCUT2D eigenvalue weighted by Gasteiger charge is -2.03. The van der Waals surface area contributed by atoms with E-state index in [9.17, 15) is 9.90 Å². The van der Waals surface area contributed by atoms with Crippen LogP contribution in [0.5, 0.6) is 0 Å². The quantitative estimate of drug-likeness (QED) is 0.458. The third kappa shape index (κ3) is 3.07. The van der Waals surface area contributed by atoms with Crippen LogP contribution in [0.4, 0.5) is 0 Å². The Hall–Kier alpha value is -2.89. The van der Waals surface area contributed by atoms with Gasteiger partial charge in [0.1, 0.15) is 15.5 Å². The molecule has 29 heavy (non-hydrogen) atoms. The Morgan fingerprint density at radius 3 is 2.76 bits per heavy atom. The van der Waals surface area contributed by atoms with Crippen molar-refractivity contribution >= 4 is 43.9 Å². The summed E-state index contributed by atoms with van der Waals surface area (Å²) in [6.07, 6.45) is 4.17. The summed E-state index contributed by atoms with van der Waals surface area (Å²) < 4.78 is 5.92. The molecule has 0 radical (unpaired) electrons. The van der Waals surface area contributed by atoms with Gasteiger partial charge in [0.15, 0.2) is 5.65 Å². The Labute approximate surface area is 172 Å². The van der Waals surface area contributed by atoms with Gasteiger partial charge < -0.3 is 9.67 Å². The summed E-state index contributed by atoms with van der Waals surface area (Å²) in [7, 11) is 3.70. The maximum atomic E-state index is 13.0. The molecule has 0 aliphatic rings. The molecule has 0 bridgehead atoms. The number of aliphatic hydroxyl groups is 1. The van der Waals surface area contributed by atoms with Crippen LogP contribution < -0.4 is 5.56 Å². The number of aliphatic hydroxyl groups excluding tert-OH is 1. The molecular weight excluding hydrogens is 410 g/mol. The van der Waals surface area contributed by atoms with Crippen molar-refractivity contribution < 1.29 is 5.11 Å². The topological polar surface area (TPSA) is 104 Å². The molecule has 0 atom stereocenters. The fraction of sp³-hybridized carbons (Fsp3) is 0.278. The molecule has 0 aliphatic heterocycles. The van der Waals surface area contributed by atoms with E-state index in [0.29, 0.717) is 23.5 Å². The summed E-state index contributed by atoms with van der Waals surface area (Å²) in [5.41, 5.74) is 2.87. The van der Waals surface area contributed by atoms with Gasteiger partial charge in [-0.15, -0.1) is 22.7 Å². The first kappa shape index (κ1) is 18.2. The van der Waals surface area contributed by atoms with Crippen molar-refractivity contribution in [2.24, 2.45) is 14.1 Å². The molecule has 11 heteroatoms. The highest BCUT2D eigenvalue weighted by Gasteiger charge is 2.19. The van der Waals surface area contributed by atoms with E-state index in [1.54, 1.807) is 22.2 Å². The lowest BCUT2D eigenvalue weighted by molar-refractivity contribution is 0.281. The summed E-state index contributed by atoms with van der Waals surface area (Å²) in [5, 5.41) is 22.2. The molecule has 5 aromatic heterocycles. The fourth-order valence-electron chi connectivity index (χ4n) is 3.38. The lowest BCUT2D eigenvalue weighted by atomic mass is 10.3. The van der Waals surface area contributed by atoms with Gasteiger partial charge in [-0.25, -0.2) is 14.6 Å². The number of thiazole rings is 2. The normalized spacial score (nSPS) is 11.8. The smallest absolute Gasteiger partial charge is 0.291 e. The molecule has 5 rings (SSSR count). The van der Waals surface area contributed by atoms with Crippen molar-refractivity contribution in [1.82, 2.24) is 34.1 Å². The predicted octanol–water partition coefficient (Wildman–Crippen LogP) is 1.67. The minimum Gasteiger partial charge on any atom is -0.389 e.